The molecule has 4 nitrogen and oxygen atoms in total. The summed E-state index contributed by atoms with van der Waals surface area (Å²) in [5, 5.41) is 0.760. The predicted octanol–water partition coefficient (Wildman–Crippen LogP) is 3.50. The van der Waals surface area contributed by atoms with E-state index in [0.29, 0.717) is 18.4 Å². The average Bonchev–Trinajstić information content (AvgIpc) is 2.63. The van der Waals surface area contributed by atoms with Gasteiger partial charge in [-0.05, 0) is 37.0 Å². The lowest BCUT2D eigenvalue weighted by Gasteiger charge is -2.42. The summed E-state index contributed by atoms with van der Waals surface area (Å²) in [6, 6.07) is 8.54. The minimum absolute atomic E-state index is 0.121. The smallest absolute Gasteiger partial charge is 0.222 e. The van der Waals surface area contributed by atoms with E-state index in [1.165, 1.54) is 5.56 Å². The Bertz CT molecular complexity index is 541. The zero-order valence-corrected chi connectivity index (χ0v) is 15.2. The summed E-state index contributed by atoms with van der Waals surface area (Å²) in [6.45, 7) is 6.53. The maximum atomic E-state index is 12.0. The molecule has 0 unspecified atom stereocenters. The first-order chi connectivity index (χ1) is 11.7. The zero-order chi connectivity index (χ0) is 16.9. The van der Waals surface area contributed by atoms with Gasteiger partial charge in [0.05, 0.1) is 12.7 Å². The third-order valence-corrected chi connectivity index (χ3v) is 5.39. The van der Waals surface area contributed by atoms with E-state index >= 15 is 0 Å². The topological polar surface area (TPSA) is 32.8 Å². The van der Waals surface area contributed by atoms with Crippen molar-refractivity contribution in [3.05, 3.63) is 34.9 Å². The van der Waals surface area contributed by atoms with Crippen molar-refractivity contribution < 1.29 is 9.53 Å². The maximum Gasteiger partial charge on any atom is 0.222 e. The van der Waals surface area contributed by atoms with Gasteiger partial charge in [-0.2, -0.15) is 0 Å². The number of piperidine rings is 1. The van der Waals surface area contributed by atoms with Crippen molar-refractivity contribution >= 4 is 17.5 Å². The molecule has 0 N–H and O–H groups in total. The van der Waals surface area contributed by atoms with Crippen molar-refractivity contribution in [3.63, 3.8) is 0 Å². The van der Waals surface area contributed by atoms with Gasteiger partial charge in [-0.1, -0.05) is 30.7 Å². The molecule has 0 aromatic heterocycles. The van der Waals surface area contributed by atoms with Crippen LogP contribution in [0.3, 0.4) is 0 Å². The fraction of sp³-hybridized carbons (Fsp3) is 0.632. The highest BCUT2D eigenvalue weighted by atomic mass is 35.5. The molecular formula is C19H27ClN2O2. The number of benzene rings is 1. The molecule has 0 aliphatic carbocycles. The monoisotopic (exact) mass is 350 g/mol. The van der Waals surface area contributed by atoms with E-state index in [9.17, 15) is 4.79 Å². The van der Waals surface area contributed by atoms with Crippen LogP contribution in [-0.2, 0) is 9.53 Å². The third kappa shape index (κ3) is 4.29. The summed E-state index contributed by atoms with van der Waals surface area (Å²) >= 11 is 5.98. The SMILES string of the molecule is CCCC(=O)N1CCC(N2CCO[C@H](c3ccc(Cl)cc3)C2)CC1. The Morgan fingerprint density at radius 2 is 1.92 bits per heavy atom. The molecule has 24 heavy (non-hydrogen) atoms. The van der Waals surface area contributed by atoms with E-state index in [1.54, 1.807) is 0 Å². The highest BCUT2D eigenvalue weighted by Gasteiger charge is 2.30. The van der Waals surface area contributed by atoms with Gasteiger partial charge in [0.1, 0.15) is 0 Å². The fourth-order valence-corrected chi connectivity index (χ4v) is 3.86. The largest absolute Gasteiger partial charge is 0.371 e. The molecule has 0 bridgehead atoms. The molecule has 132 valence electrons. The predicted molar refractivity (Wildman–Crippen MR) is 96.2 cm³/mol. The molecule has 0 spiro atoms. The molecule has 3 rings (SSSR count). The van der Waals surface area contributed by atoms with E-state index in [-0.39, 0.29) is 6.10 Å². The Morgan fingerprint density at radius 3 is 2.58 bits per heavy atom. The van der Waals surface area contributed by atoms with Crippen LogP contribution in [0.15, 0.2) is 24.3 Å². The zero-order valence-electron chi connectivity index (χ0n) is 14.4. The number of rotatable bonds is 4. The maximum absolute atomic E-state index is 12.0. The number of halogens is 1. The summed E-state index contributed by atoms with van der Waals surface area (Å²) in [7, 11) is 0. The van der Waals surface area contributed by atoms with Crippen molar-refractivity contribution in [2.24, 2.45) is 0 Å². The van der Waals surface area contributed by atoms with Gasteiger partial charge in [0.25, 0.3) is 0 Å². The molecule has 1 aromatic rings. The van der Waals surface area contributed by atoms with Crippen molar-refractivity contribution in [2.45, 2.75) is 44.8 Å². The molecule has 5 heteroatoms. The van der Waals surface area contributed by atoms with E-state index < -0.39 is 0 Å². The summed E-state index contributed by atoms with van der Waals surface area (Å²) in [5.74, 6) is 0.317. The molecule has 1 amide bonds. The number of amides is 1. The van der Waals surface area contributed by atoms with Crippen LogP contribution in [0, 0.1) is 0 Å². The molecule has 1 atom stereocenters. The van der Waals surface area contributed by atoms with Crippen molar-refractivity contribution in [1.29, 1.82) is 0 Å². The van der Waals surface area contributed by atoms with Crippen molar-refractivity contribution in [3.8, 4) is 0 Å². The van der Waals surface area contributed by atoms with Crippen LogP contribution in [0.2, 0.25) is 5.02 Å². The molecule has 2 aliphatic rings. The molecular weight excluding hydrogens is 324 g/mol. The van der Waals surface area contributed by atoms with Crippen LogP contribution in [-0.4, -0.2) is 54.5 Å². The first kappa shape index (κ1) is 17.7. The van der Waals surface area contributed by atoms with Gasteiger partial charge in [0.2, 0.25) is 5.91 Å². The van der Waals surface area contributed by atoms with Gasteiger partial charge in [0, 0.05) is 43.7 Å². The second-order valence-electron chi connectivity index (χ2n) is 6.77. The summed E-state index contributed by atoms with van der Waals surface area (Å²) in [5.41, 5.74) is 1.19. The first-order valence-electron chi connectivity index (χ1n) is 9.06. The lowest BCUT2D eigenvalue weighted by Crippen LogP contribution is -2.50. The highest BCUT2D eigenvalue weighted by Crippen LogP contribution is 2.27. The number of hydrogen-bond donors (Lipinski definition) is 0. The lowest BCUT2D eigenvalue weighted by atomic mass is 10.00. The number of hydrogen-bond acceptors (Lipinski definition) is 3. The average molecular weight is 351 g/mol. The summed E-state index contributed by atoms with van der Waals surface area (Å²) < 4.78 is 5.97. The van der Waals surface area contributed by atoms with Gasteiger partial charge in [0.15, 0.2) is 0 Å². The van der Waals surface area contributed by atoms with Crippen LogP contribution in [0.25, 0.3) is 0 Å². The molecule has 0 radical (unpaired) electrons. The molecule has 2 fully saturated rings. The van der Waals surface area contributed by atoms with Crippen LogP contribution < -0.4 is 0 Å². The van der Waals surface area contributed by atoms with Gasteiger partial charge in [-0.25, -0.2) is 0 Å². The summed E-state index contributed by atoms with van der Waals surface area (Å²) in [6.07, 6.45) is 3.88. The number of nitrogens with zero attached hydrogens (tertiary/aromatic N) is 2. The Labute approximate surface area is 149 Å². The minimum atomic E-state index is 0.121. The number of morpholine rings is 1. The Balaban J connectivity index is 1.54. The highest BCUT2D eigenvalue weighted by molar-refractivity contribution is 6.30. The summed E-state index contributed by atoms with van der Waals surface area (Å²) in [4.78, 5) is 16.6. The number of likely N-dealkylation sites (tertiary alicyclic amines) is 1. The van der Waals surface area contributed by atoms with Crippen LogP contribution in [0.5, 0.6) is 0 Å². The second-order valence-corrected chi connectivity index (χ2v) is 7.20. The standard InChI is InChI=1S/C19H27ClN2O2/c1-2-3-19(23)21-10-8-17(9-11-21)22-12-13-24-18(14-22)15-4-6-16(20)7-5-15/h4-7,17-18H,2-3,8-14H2,1H3/t18-/m0/s1. The van der Waals surface area contributed by atoms with E-state index in [0.717, 1.165) is 57.1 Å². The van der Waals surface area contributed by atoms with E-state index in [4.69, 9.17) is 16.3 Å². The van der Waals surface area contributed by atoms with Crippen molar-refractivity contribution in [1.82, 2.24) is 9.80 Å². The van der Waals surface area contributed by atoms with E-state index in [1.807, 2.05) is 17.0 Å². The van der Waals surface area contributed by atoms with Gasteiger partial charge in [-0.15, -0.1) is 0 Å². The van der Waals surface area contributed by atoms with Gasteiger partial charge < -0.3 is 9.64 Å². The van der Waals surface area contributed by atoms with Gasteiger partial charge >= 0.3 is 0 Å². The Kier molecular flexibility index (Phi) is 6.14. The fourth-order valence-electron chi connectivity index (χ4n) is 3.73. The van der Waals surface area contributed by atoms with Crippen LogP contribution in [0.4, 0.5) is 0 Å². The minimum Gasteiger partial charge on any atom is -0.371 e. The first-order valence-corrected chi connectivity index (χ1v) is 9.44. The number of carbonyl (C=O) groups is 1. The molecule has 1 aromatic carbocycles. The Hall–Kier alpha value is -1.10. The molecule has 2 heterocycles. The Morgan fingerprint density at radius 1 is 1.21 bits per heavy atom. The van der Waals surface area contributed by atoms with Crippen molar-refractivity contribution in [2.75, 3.05) is 32.8 Å². The van der Waals surface area contributed by atoms with E-state index in [2.05, 4.69) is 24.0 Å². The van der Waals surface area contributed by atoms with Crippen LogP contribution in [0.1, 0.15) is 44.3 Å². The van der Waals surface area contributed by atoms with Gasteiger partial charge in [-0.3, -0.25) is 9.69 Å². The molecule has 2 aliphatic heterocycles. The lowest BCUT2D eigenvalue weighted by molar-refractivity contribution is -0.133. The quantitative estimate of drug-likeness (QED) is 0.833. The molecule has 2 saturated heterocycles. The normalized spacial score (nSPS) is 23.4. The molecule has 0 saturated carbocycles. The van der Waals surface area contributed by atoms with Crippen LogP contribution >= 0.6 is 11.6 Å². The second kappa shape index (κ2) is 8.32. The number of carbonyl (C=O) groups excluding carboxylic acids is 1. The third-order valence-electron chi connectivity index (χ3n) is 5.14. The number of ether oxygens (including phenoxy) is 1.